The molecule has 0 radical (unpaired) electrons. The second kappa shape index (κ2) is 4.49. The number of ether oxygens (including phenoxy) is 1. The number of anilines is 1. The molecule has 0 aliphatic rings. The van der Waals surface area contributed by atoms with Gasteiger partial charge < -0.3 is 10.5 Å². The van der Waals surface area contributed by atoms with E-state index in [1.165, 1.54) is 18.3 Å². The molecule has 0 bridgehead atoms. The molecule has 0 saturated carbocycles. The molecule has 1 aromatic carbocycles. The quantitative estimate of drug-likeness (QED) is 0.803. The summed E-state index contributed by atoms with van der Waals surface area (Å²) in [6, 6.07) is 9.08. The van der Waals surface area contributed by atoms with E-state index in [1.807, 2.05) is 6.07 Å². The van der Waals surface area contributed by atoms with Crippen molar-refractivity contribution in [3.8, 4) is 17.6 Å². The van der Waals surface area contributed by atoms with E-state index in [9.17, 15) is 4.39 Å². The predicted molar refractivity (Wildman–Crippen MR) is 59.8 cm³/mol. The average molecular weight is 229 g/mol. The van der Waals surface area contributed by atoms with Crippen molar-refractivity contribution in [1.29, 1.82) is 5.26 Å². The van der Waals surface area contributed by atoms with Crippen LogP contribution in [0.5, 0.6) is 11.5 Å². The lowest BCUT2D eigenvalue weighted by Gasteiger charge is -2.07. The summed E-state index contributed by atoms with van der Waals surface area (Å²) >= 11 is 0. The SMILES string of the molecule is N#Cc1ncccc1Oc1ccc(N)cc1F. The van der Waals surface area contributed by atoms with Gasteiger partial charge in [0.15, 0.2) is 23.0 Å². The Labute approximate surface area is 97.1 Å². The predicted octanol–water partition coefficient (Wildman–Crippen LogP) is 2.47. The van der Waals surface area contributed by atoms with Crippen LogP contribution in [0.4, 0.5) is 10.1 Å². The number of nitriles is 1. The number of benzene rings is 1. The van der Waals surface area contributed by atoms with Crippen LogP contribution >= 0.6 is 0 Å². The topological polar surface area (TPSA) is 71.9 Å². The second-order valence-corrected chi connectivity index (χ2v) is 3.25. The van der Waals surface area contributed by atoms with Gasteiger partial charge in [0.25, 0.3) is 0 Å². The minimum absolute atomic E-state index is 0.00343. The van der Waals surface area contributed by atoms with E-state index in [0.717, 1.165) is 6.07 Å². The Bertz CT molecular complexity index is 593. The standard InChI is InChI=1S/C12H8FN3O/c13-9-6-8(15)3-4-11(9)17-12-2-1-5-16-10(12)7-14/h1-6H,15H2. The number of aromatic nitrogens is 1. The lowest BCUT2D eigenvalue weighted by Crippen LogP contribution is -1.94. The maximum absolute atomic E-state index is 13.5. The van der Waals surface area contributed by atoms with Gasteiger partial charge >= 0.3 is 0 Å². The van der Waals surface area contributed by atoms with Gasteiger partial charge in [-0.25, -0.2) is 9.37 Å². The van der Waals surface area contributed by atoms with Crippen LogP contribution in [-0.2, 0) is 0 Å². The summed E-state index contributed by atoms with van der Waals surface area (Å²) in [6.07, 6.45) is 1.46. The number of pyridine rings is 1. The zero-order chi connectivity index (χ0) is 12.3. The molecule has 4 nitrogen and oxygen atoms in total. The van der Waals surface area contributed by atoms with Gasteiger partial charge in [0.05, 0.1) is 0 Å². The van der Waals surface area contributed by atoms with Crippen LogP contribution in [0.25, 0.3) is 0 Å². The molecule has 0 fully saturated rings. The largest absolute Gasteiger partial charge is 0.451 e. The second-order valence-electron chi connectivity index (χ2n) is 3.25. The number of rotatable bonds is 2. The molecule has 0 atom stereocenters. The number of nitrogens with two attached hydrogens (primary N) is 1. The minimum atomic E-state index is -0.585. The average Bonchev–Trinajstić information content (AvgIpc) is 2.33. The molecule has 84 valence electrons. The third kappa shape index (κ3) is 2.32. The first kappa shape index (κ1) is 10.9. The highest BCUT2D eigenvalue weighted by Crippen LogP contribution is 2.27. The molecule has 2 N–H and O–H groups in total. The molecule has 0 aliphatic carbocycles. The zero-order valence-electron chi connectivity index (χ0n) is 8.72. The van der Waals surface area contributed by atoms with Crippen molar-refractivity contribution < 1.29 is 9.13 Å². The van der Waals surface area contributed by atoms with Crippen molar-refractivity contribution in [2.75, 3.05) is 5.73 Å². The Hall–Kier alpha value is -2.61. The molecule has 0 amide bonds. The van der Waals surface area contributed by atoms with Crippen molar-refractivity contribution in [3.05, 3.63) is 48.0 Å². The molecular weight excluding hydrogens is 221 g/mol. The Kier molecular flexibility index (Phi) is 2.88. The van der Waals surface area contributed by atoms with Crippen LogP contribution in [0.1, 0.15) is 5.69 Å². The van der Waals surface area contributed by atoms with Crippen LogP contribution < -0.4 is 10.5 Å². The molecule has 0 saturated heterocycles. The van der Waals surface area contributed by atoms with Gasteiger partial charge in [-0.1, -0.05) is 0 Å². The van der Waals surface area contributed by atoms with E-state index in [0.29, 0.717) is 5.69 Å². The van der Waals surface area contributed by atoms with Crippen molar-refractivity contribution in [2.45, 2.75) is 0 Å². The highest BCUT2D eigenvalue weighted by molar-refractivity contribution is 5.46. The van der Waals surface area contributed by atoms with Gasteiger partial charge in [0.1, 0.15) is 6.07 Å². The summed E-state index contributed by atoms with van der Waals surface area (Å²) < 4.78 is 18.7. The summed E-state index contributed by atoms with van der Waals surface area (Å²) in [6.45, 7) is 0. The van der Waals surface area contributed by atoms with Crippen LogP contribution in [0, 0.1) is 17.1 Å². The Morgan fingerprint density at radius 1 is 1.29 bits per heavy atom. The Morgan fingerprint density at radius 2 is 2.12 bits per heavy atom. The van der Waals surface area contributed by atoms with Crippen LogP contribution in [-0.4, -0.2) is 4.98 Å². The third-order valence-electron chi connectivity index (χ3n) is 2.05. The van der Waals surface area contributed by atoms with Crippen LogP contribution in [0.3, 0.4) is 0 Å². The molecule has 2 aromatic rings. The summed E-state index contributed by atoms with van der Waals surface area (Å²) in [4.78, 5) is 3.81. The normalized spacial score (nSPS) is 9.65. The van der Waals surface area contributed by atoms with E-state index >= 15 is 0 Å². The molecule has 5 heteroatoms. The van der Waals surface area contributed by atoms with Crippen molar-refractivity contribution in [2.24, 2.45) is 0 Å². The maximum atomic E-state index is 13.5. The number of nitrogen functional groups attached to an aromatic ring is 1. The lowest BCUT2D eigenvalue weighted by molar-refractivity contribution is 0.439. The van der Waals surface area contributed by atoms with E-state index in [1.54, 1.807) is 12.1 Å². The third-order valence-corrected chi connectivity index (χ3v) is 2.05. The molecule has 1 aromatic heterocycles. The molecule has 0 aliphatic heterocycles. The highest BCUT2D eigenvalue weighted by Gasteiger charge is 2.08. The first-order valence-electron chi connectivity index (χ1n) is 4.78. The van der Waals surface area contributed by atoms with Gasteiger partial charge in [-0.15, -0.1) is 0 Å². The first-order chi connectivity index (χ1) is 8.20. The van der Waals surface area contributed by atoms with Gasteiger partial charge in [-0.3, -0.25) is 0 Å². The van der Waals surface area contributed by atoms with E-state index in [2.05, 4.69) is 4.98 Å². The molecular formula is C12H8FN3O. The van der Waals surface area contributed by atoms with E-state index < -0.39 is 5.82 Å². The summed E-state index contributed by atoms with van der Waals surface area (Å²) in [5.74, 6) is -0.375. The first-order valence-corrected chi connectivity index (χ1v) is 4.78. The fraction of sp³-hybridized carbons (Fsp3) is 0. The summed E-state index contributed by atoms with van der Waals surface area (Å²) in [7, 11) is 0. The number of halogens is 1. The van der Waals surface area contributed by atoms with Crippen molar-refractivity contribution in [3.63, 3.8) is 0 Å². The van der Waals surface area contributed by atoms with Crippen molar-refractivity contribution in [1.82, 2.24) is 4.98 Å². The van der Waals surface area contributed by atoms with E-state index in [-0.39, 0.29) is 17.2 Å². The van der Waals surface area contributed by atoms with Crippen molar-refractivity contribution >= 4 is 5.69 Å². The summed E-state index contributed by atoms with van der Waals surface area (Å²) in [5, 5.41) is 8.80. The molecule has 0 unspecified atom stereocenters. The number of hydrogen-bond donors (Lipinski definition) is 1. The smallest absolute Gasteiger partial charge is 0.183 e. The number of hydrogen-bond acceptors (Lipinski definition) is 4. The Balaban J connectivity index is 2.35. The van der Waals surface area contributed by atoms with Crippen LogP contribution in [0.15, 0.2) is 36.5 Å². The van der Waals surface area contributed by atoms with E-state index in [4.69, 9.17) is 15.7 Å². The minimum Gasteiger partial charge on any atom is -0.451 e. The van der Waals surface area contributed by atoms with Crippen LogP contribution in [0.2, 0.25) is 0 Å². The fourth-order valence-corrected chi connectivity index (χ4v) is 1.28. The maximum Gasteiger partial charge on any atom is 0.183 e. The zero-order valence-corrected chi connectivity index (χ0v) is 8.72. The molecule has 1 heterocycles. The lowest BCUT2D eigenvalue weighted by atomic mass is 10.3. The number of nitrogens with zero attached hydrogens (tertiary/aromatic N) is 2. The monoisotopic (exact) mass is 229 g/mol. The van der Waals surface area contributed by atoms with Gasteiger partial charge in [-0.05, 0) is 24.3 Å². The highest BCUT2D eigenvalue weighted by atomic mass is 19.1. The molecule has 0 spiro atoms. The Morgan fingerprint density at radius 3 is 2.82 bits per heavy atom. The fourth-order valence-electron chi connectivity index (χ4n) is 1.28. The molecule has 2 rings (SSSR count). The van der Waals surface area contributed by atoms with Gasteiger partial charge in [-0.2, -0.15) is 5.26 Å². The molecule has 17 heavy (non-hydrogen) atoms. The summed E-state index contributed by atoms with van der Waals surface area (Å²) in [5.41, 5.74) is 5.82. The van der Waals surface area contributed by atoms with Gasteiger partial charge in [0.2, 0.25) is 0 Å². The van der Waals surface area contributed by atoms with Gasteiger partial charge in [0, 0.05) is 18.0 Å².